The van der Waals surface area contributed by atoms with Crippen LogP contribution in [0.5, 0.6) is 0 Å². The predicted molar refractivity (Wildman–Crippen MR) is 137 cm³/mol. The van der Waals surface area contributed by atoms with Crippen molar-refractivity contribution in [3.63, 3.8) is 0 Å². The standard InChI is InChI=1S/C29H23FN4O3/c30-25-16-8-7-15-24(25)29(36)33(19-23-14-9-17-37-23)20-28(35)31-27-18-26(21-10-3-1-4-11-21)32-34(27)22-12-5-2-6-13-22/h1-18H,19-20H2,(H,31,35). The highest BCUT2D eigenvalue weighted by Crippen LogP contribution is 2.25. The van der Waals surface area contributed by atoms with E-state index < -0.39 is 17.6 Å². The zero-order valence-corrected chi connectivity index (χ0v) is 19.8. The number of hydrogen-bond acceptors (Lipinski definition) is 4. The van der Waals surface area contributed by atoms with Gasteiger partial charge in [0.15, 0.2) is 0 Å². The van der Waals surface area contributed by atoms with Crippen molar-refractivity contribution < 1.29 is 18.4 Å². The molecule has 5 rings (SSSR count). The third-order valence-corrected chi connectivity index (χ3v) is 5.70. The Labute approximate surface area is 212 Å². The lowest BCUT2D eigenvalue weighted by Gasteiger charge is -2.21. The second-order valence-corrected chi connectivity index (χ2v) is 8.30. The second kappa shape index (κ2) is 10.7. The number of halogens is 1. The molecule has 0 aliphatic carbocycles. The van der Waals surface area contributed by atoms with E-state index in [4.69, 9.17) is 9.52 Å². The van der Waals surface area contributed by atoms with Crippen LogP contribution in [-0.4, -0.2) is 33.0 Å². The first-order chi connectivity index (χ1) is 18.1. The normalized spacial score (nSPS) is 10.7. The van der Waals surface area contributed by atoms with Gasteiger partial charge in [0.25, 0.3) is 5.91 Å². The van der Waals surface area contributed by atoms with Crippen molar-refractivity contribution in [3.8, 4) is 16.9 Å². The van der Waals surface area contributed by atoms with E-state index in [1.165, 1.54) is 29.4 Å². The first-order valence-corrected chi connectivity index (χ1v) is 11.7. The molecule has 0 aliphatic rings. The van der Waals surface area contributed by atoms with E-state index in [-0.39, 0.29) is 18.7 Å². The van der Waals surface area contributed by atoms with Crippen molar-refractivity contribution in [3.05, 3.63) is 127 Å². The summed E-state index contributed by atoms with van der Waals surface area (Å²) < 4.78 is 21.4. The molecular weight excluding hydrogens is 471 g/mol. The Kier molecular flexibility index (Phi) is 6.89. The summed E-state index contributed by atoms with van der Waals surface area (Å²) in [6.45, 7) is -0.324. The lowest BCUT2D eigenvalue weighted by molar-refractivity contribution is -0.117. The zero-order chi connectivity index (χ0) is 25.6. The Morgan fingerprint density at radius 1 is 0.892 bits per heavy atom. The second-order valence-electron chi connectivity index (χ2n) is 8.30. The van der Waals surface area contributed by atoms with Crippen LogP contribution in [-0.2, 0) is 11.3 Å². The maximum atomic E-state index is 14.4. The Bertz CT molecular complexity index is 1500. The summed E-state index contributed by atoms with van der Waals surface area (Å²) in [5.41, 5.74) is 2.20. The average Bonchev–Trinajstić information content (AvgIpc) is 3.59. The van der Waals surface area contributed by atoms with Gasteiger partial charge in [-0.1, -0.05) is 60.7 Å². The van der Waals surface area contributed by atoms with E-state index in [2.05, 4.69) is 5.32 Å². The highest BCUT2D eigenvalue weighted by atomic mass is 19.1. The van der Waals surface area contributed by atoms with Crippen molar-refractivity contribution in [1.82, 2.24) is 14.7 Å². The van der Waals surface area contributed by atoms with Crippen molar-refractivity contribution in [2.75, 3.05) is 11.9 Å². The minimum absolute atomic E-state index is 0.000794. The molecular formula is C29H23FN4O3. The van der Waals surface area contributed by atoms with Crippen LogP contribution in [0.2, 0.25) is 0 Å². The van der Waals surface area contributed by atoms with Crippen molar-refractivity contribution in [2.24, 2.45) is 0 Å². The van der Waals surface area contributed by atoms with Gasteiger partial charge in [0, 0.05) is 11.6 Å². The molecule has 5 aromatic rings. The number of para-hydroxylation sites is 1. The molecule has 0 fully saturated rings. The predicted octanol–water partition coefficient (Wildman–Crippen LogP) is 5.55. The summed E-state index contributed by atoms with van der Waals surface area (Å²) in [5, 5.41) is 7.57. The largest absolute Gasteiger partial charge is 0.467 e. The highest BCUT2D eigenvalue weighted by Gasteiger charge is 2.24. The molecule has 0 bridgehead atoms. The number of furan rings is 1. The topological polar surface area (TPSA) is 80.4 Å². The third kappa shape index (κ3) is 5.48. The van der Waals surface area contributed by atoms with Crippen LogP contribution < -0.4 is 5.32 Å². The Balaban J connectivity index is 1.43. The first kappa shape index (κ1) is 23.7. The van der Waals surface area contributed by atoms with Crippen molar-refractivity contribution in [1.29, 1.82) is 0 Å². The molecule has 2 aromatic heterocycles. The smallest absolute Gasteiger partial charge is 0.257 e. The Morgan fingerprint density at radius 2 is 1.59 bits per heavy atom. The van der Waals surface area contributed by atoms with E-state index in [1.54, 1.807) is 28.9 Å². The molecule has 184 valence electrons. The average molecular weight is 495 g/mol. The lowest BCUT2D eigenvalue weighted by atomic mass is 10.1. The van der Waals surface area contributed by atoms with Gasteiger partial charge in [-0.3, -0.25) is 9.59 Å². The number of rotatable bonds is 8. The number of amides is 2. The van der Waals surface area contributed by atoms with E-state index >= 15 is 0 Å². The van der Waals surface area contributed by atoms with Crippen LogP contribution >= 0.6 is 0 Å². The number of anilines is 1. The SMILES string of the molecule is O=C(CN(Cc1ccco1)C(=O)c1ccccc1F)Nc1cc(-c2ccccc2)nn1-c1ccccc1. The minimum atomic E-state index is -0.660. The molecule has 1 N–H and O–H groups in total. The number of carbonyl (C=O) groups is 2. The van der Waals surface area contributed by atoms with Crippen molar-refractivity contribution >= 4 is 17.6 Å². The molecule has 7 nitrogen and oxygen atoms in total. The maximum Gasteiger partial charge on any atom is 0.257 e. The summed E-state index contributed by atoms with van der Waals surface area (Å²) in [6.07, 6.45) is 1.48. The molecule has 0 aliphatic heterocycles. The van der Waals surface area contributed by atoms with Gasteiger partial charge in [-0.2, -0.15) is 5.10 Å². The van der Waals surface area contributed by atoms with E-state index in [0.29, 0.717) is 17.3 Å². The molecule has 37 heavy (non-hydrogen) atoms. The van der Waals surface area contributed by atoms with Crippen LogP contribution in [0.1, 0.15) is 16.1 Å². The lowest BCUT2D eigenvalue weighted by Crippen LogP contribution is -2.38. The summed E-state index contributed by atoms with van der Waals surface area (Å²) in [7, 11) is 0. The number of hydrogen-bond donors (Lipinski definition) is 1. The van der Waals surface area contributed by atoms with Crippen LogP contribution in [0.25, 0.3) is 16.9 Å². The van der Waals surface area contributed by atoms with Gasteiger partial charge in [-0.15, -0.1) is 0 Å². The molecule has 0 saturated heterocycles. The fourth-order valence-electron chi connectivity index (χ4n) is 3.94. The quantitative estimate of drug-likeness (QED) is 0.307. The minimum Gasteiger partial charge on any atom is -0.467 e. The van der Waals surface area contributed by atoms with E-state index in [9.17, 15) is 14.0 Å². The van der Waals surface area contributed by atoms with E-state index in [0.717, 1.165) is 11.3 Å². The summed E-state index contributed by atoms with van der Waals surface area (Å²) in [5.74, 6) is -0.837. The van der Waals surface area contributed by atoms with Gasteiger partial charge < -0.3 is 14.6 Å². The van der Waals surface area contributed by atoms with Crippen LogP contribution in [0.4, 0.5) is 10.2 Å². The van der Waals surface area contributed by atoms with Crippen LogP contribution in [0.15, 0.2) is 114 Å². The monoisotopic (exact) mass is 494 g/mol. The number of benzene rings is 3. The van der Waals surface area contributed by atoms with Crippen LogP contribution in [0.3, 0.4) is 0 Å². The molecule has 0 saturated carbocycles. The summed E-state index contributed by atoms with van der Waals surface area (Å²) in [6, 6.07) is 29.8. The van der Waals surface area contributed by atoms with Crippen LogP contribution in [0, 0.1) is 5.82 Å². The van der Waals surface area contributed by atoms with Gasteiger partial charge >= 0.3 is 0 Å². The van der Waals surface area contributed by atoms with E-state index in [1.807, 2.05) is 60.7 Å². The first-order valence-electron chi connectivity index (χ1n) is 11.7. The highest BCUT2D eigenvalue weighted by molar-refractivity contribution is 5.99. The fourth-order valence-corrected chi connectivity index (χ4v) is 3.94. The molecule has 2 amide bonds. The maximum absolute atomic E-state index is 14.4. The molecule has 0 unspecified atom stereocenters. The van der Waals surface area contributed by atoms with Gasteiger partial charge in [-0.25, -0.2) is 9.07 Å². The molecule has 3 aromatic carbocycles. The summed E-state index contributed by atoms with van der Waals surface area (Å²) in [4.78, 5) is 27.7. The zero-order valence-electron chi connectivity index (χ0n) is 19.8. The summed E-state index contributed by atoms with van der Waals surface area (Å²) >= 11 is 0. The number of carbonyl (C=O) groups excluding carboxylic acids is 2. The Morgan fingerprint density at radius 3 is 2.30 bits per heavy atom. The molecule has 0 atom stereocenters. The van der Waals surface area contributed by atoms with Gasteiger partial charge in [0.05, 0.1) is 29.8 Å². The molecule has 0 spiro atoms. The Hall–Kier alpha value is -4.98. The number of nitrogens with one attached hydrogen (secondary N) is 1. The van der Waals surface area contributed by atoms with Gasteiger partial charge in [-0.05, 0) is 36.4 Å². The molecule has 2 heterocycles. The third-order valence-electron chi connectivity index (χ3n) is 5.70. The number of nitrogens with zero attached hydrogens (tertiary/aromatic N) is 3. The number of aromatic nitrogens is 2. The van der Waals surface area contributed by atoms with Crippen molar-refractivity contribution in [2.45, 2.75) is 6.54 Å². The fraction of sp³-hybridized carbons (Fsp3) is 0.0690. The van der Waals surface area contributed by atoms with Gasteiger partial charge in [0.1, 0.15) is 23.9 Å². The molecule has 8 heteroatoms. The van der Waals surface area contributed by atoms with Gasteiger partial charge in [0.2, 0.25) is 5.91 Å². The molecule has 0 radical (unpaired) electrons.